The molecule has 0 amide bonds. The van der Waals surface area contributed by atoms with Crippen LogP contribution in [0.3, 0.4) is 0 Å². The molecule has 22 heavy (non-hydrogen) atoms. The molecule has 0 heterocycles. The van der Waals surface area contributed by atoms with Crippen molar-refractivity contribution in [2.75, 3.05) is 0 Å². The van der Waals surface area contributed by atoms with Crippen LogP contribution in [0.5, 0.6) is 0 Å². The number of rotatable bonds is 2. The van der Waals surface area contributed by atoms with Gasteiger partial charge in [-0.3, -0.25) is 4.57 Å². The fraction of sp³-hybridized carbons (Fsp3) is 0.188. The quantitative estimate of drug-likeness (QED) is 0.505. The van der Waals surface area contributed by atoms with Gasteiger partial charge in [-0.2, -0.15) is 0 Å². The number of carbonyl (C=O) groups is 1. The van der Waals surface area contributed by atoms with Gasteiger partial charge in [0.2, 0.25) is 0 Å². The normalized spacial score (nSPS) is 10.2. The van der Waals surface area contributed by atoms with Gasteiger partial charge in [0.25, 0.3) is 0 Å². The molecule has 0 aliphatic carbocycles. The topological polar surface area (TPSA) is 74.6 Å². The van der Waals surface area contributed by atoms with Crippen molar-refractivity contribution in [3.8, 4) is 0 Å². The summed E-state index contributed by atoms with van der Waals surface area (Å²) in [5.74, 6) is 0.128. The molecule has 2 N–H and O–H groups in total. The Balaban J connectivity index is 0.000000541. The van der Waals surface area contributed by atoms with Crippen molar-refractivity contribution < 1.29 is 19.1 Å². The Kier molecular flexibility index (Phi) is 7.29. The molecule has 0 spiro atoms. The van der Waals surface area contributed by atoms with Gasteiger partial charge >= 0.3 is 126 Å². The third-order valence-corrected chi connectivity index (χ3v) is 3.29. The predicted molar refractivity (Wildman–Crippen MR) is 89.4 cm³/mol. The van der Waals surface area contributed by atoms with Crippen LogP contribution in [-0.4, -0.2) is 33.3 Å². The van der Waals surface area contributed by atoms with Gasteiger partial charge in [0.15, 0.2) is 0 Å². The molecule has 6 heteroatoms. The summed E-state index contributed by atoms with van der Waals surface area (Å²) in [5.41, 5.74) is 4.95. The number of benzene rings is 2. The summed E-state index contributed by atoms with van der Waals surface area (Å²) >= 11 is 1.98. The second-order valence-corrected chi connectivity index (χ2v) is 5.77. The monoisotopic (exact) mass is 312 g/mol. The van der Waals surface area contributed by atoms with Crippen LogP contribution in [-0.2, 0) is 4.57 Å². The van der Waals surface area contributed by atoms with Crippen LogP contribution in [0, 0.1) is 20.8 Å². The fourth-order valence-electron chi connectivity index (χ4n) is 2.50. The van der Waals surface area contributed by atoms with E-state index < -0.39 is 8.25 Å². The van der Waals surface area contributed by atoms with E-state index in [1.165, 1.54) is 5.56 Å². The molecular weight excluding hydrogens is 294 g/mol. The number of hydrogen-bond acceptors (Lipinski definition) is 2. The third kappa shape index (κ3) is 5.25. The summed E-state index contributed by atoms with van der Waals surface area (Å²) in [4.78, 5) is 26.9. The molecule has 0 fully saturated rings. The van der Waals surface area contributed by atoms with Crippen molar-refractivity contribution in [3.05, 3.63) is 64.2 Å². The van der Waals surface area contributed by atoms with Gasteiger partial charge in [-0.15, -0.1) is 0 Å². The summed E-state index contributed by atoms with van der Waals surface area (Å²) in [6.45, 7) is 6.07. The number of hydrogen-bond donors (Lipinski definition) is 2. The second kappa shape index (κ2) is 8.48. The van der Waals surface area contributed by atoms with E-state index in [1.807, 2.05) is 55.8 Å². The second-order valence-electron chi connectivity index (χ2n) is 5.20. The molecule has 0 saturated carbocycles. The van der Waals surface area contributed by atoms with Crippen molar-refractivity contribution in [2.24, 2.45) is 0 Å². The molecule has 0 atom stereocenters. The molecule has 2 aromatic carbocycles. The minimum atomic E-state index is -3.13. The zero-order valence-electron chi connectivity index (χ0n) is 13.2. The number of ketones is 1. The Morgan fingerprint density at radius 3 is 1.95 bits per heavy atom. The molecule has 0 radical (unpaired) electrons. The van der Waals surface area contributed by atoms with Gasteiger partial charge in [-0.05, 0) is 0 Å². The summed E-state index contributed by atoms with van der Waals surface area (Å²) in [7, 11) is -3.13. The van der Waals surface area contributed by atoms with Gasteiger partial charge in [-0.1, -0.05) is 0 Å². The van der Waals surface area contributed by atoms with Crippen LogP contribution < -0.4 is 4.24 Å². The summed E-state index contributed by atoms with van der Waals surface area (Å²) in [6, 6.07) is 11.9. The summed E-state index contributed by atoms with van der Waals surface area (Å²) < 4.78 is 9.77. The SMILES string of the molecule is O=[PH](O)O.[Li][c]1ccccc1C(=O)c1c(C)cc(C)cc1C. The Hall–Kier alpha value is -1.14. The van der Waals surface area contributed by atoms with Crippen molar-refractivity contribution in [1.29, 1.82) is 0 Å². The molecule has 0 unspecified atom stereocenters. The van der Waals surface area contributed by atoms with Crippen molar-refractivity contribution >= 4 is 36.0 Å². The molecule has 2 aromatic rings. The Morgan fingerprint density at radius 1 is 1.05 bits per heavy atom. The molecule has 0 aliphatic heterocycles. The molecule has 112 valence electrons. The van der Waals surface area contributed by atoms with Gasteiger partial charge < -0.3 is 9.79 Å². The minimum absolute atomic E-state index is 0.128. The van der Waals surface area contributed by atoms with E-state index in [2.05, 4.69) is 19.1 Å². The molecule has 0 aromatic heterocycles. The van der Waals surface area contributed by atoms with E-state index in [0.717, 1.165) is 26.5 Å². The Labute approximate surface area is 140 Å². The maximum absolute atomic E-state index is 12.6. The van der Waals surface area contributed by atoms with Gasteiger partial charge in [0, 0.05) is 0 Å². The van der Waals surface area contributed by atoms with Crippen molar-refractivity contribution in [3.63, 3.8) is 0 Å². The van der Waals surface area contributed by atoms with Crippen LogP contribution in [0.1, 0.15) is 32.6 Å². The predicted octanol–water partition coefficient (Wildman–Crippen LogP) is 2.00. The van der Waals surface area contributed by atoms with Crippen LogP contribution in [0.2, 0.25) is 0 Å². The van der Waals surface area contributed by atoms with E-state index >= 15 is 0 Å². The first kappa shape index (κ1) is 18.9. The van der Waals surface area contributed by atoms with Gasteiger partial charge in [-0.25, -0.2) is 0 Å². The number of carbonyl (C=O) groups excluding carboxylic acids is 1. The van der Waals surface area contributed by atoms with Crippen molar-refractivity contribution in [1.82, 2.24) is 0 Å². The molecule has 4 nitrogen and oxygen atoms in total. The molecule has 0 aliphatic rings. The van der Waals surface area contributed by atoms with Crippen LogP contribution in [0.4, 0.5) is 0 Å². The van der Waals surface area contributed by atoms with Crippen LogP contribution in [0.15, 0.2) is 36.4 Å². The average molecular weight is 312 g/mol. The van der Waals surface area contributed by atoms with E-state index in [4.69, 9.17) is 14.4 Å². The molecular formula is C16H18LiO4P. The summed E-state index contributed by atoms with van der Waals surface area (Å²) in [6.07, 6.45) is 0. The van der Waals surface area contributed by atoms with E-state index in [-0.39, 0.29) is 5.78 Å². The first-order valence-electron chi connectivity index (χ1n) is 6.84. The zero-order chi connectivity index (χ0) is 16.9. The standard InChI is InChI=1S/C16H15O.Li.H3O3P/c1-11-9-12(2)15(13(3)10-11)16(17)14-7-5-4-6-8-14;;1-4(2)3/h4-7,9-10H,1-3H3;;4H,(H2,1,2,3). The molecule has 2 rings (SSSR count). The Morgan fingerprint density at radius 2 is 1.50 bits per heavy atom. The maximum atomic E-state index is 12.6. The zero-order valence-corrected chi connectivity index (χ0v) is 14.2. The third-order valence-electron chi connectivity index (χ3n) is 3.29. The molecule has 0 saturated heterocycles. The van der Waals surface area contributed by atoms with Gasteiger partial charge in [0.1, 0.15) is 0 Å². The van der Waals surface area contributed by atoms with Crippen LogP contribution >= 0.6 is 8.25 Å². The Bertz CT molecular complexity index is 686. The van der Waals surface area contributed by atoms with E-state index in [0.29, 0.717) is 0 Å². The van der Waals surface area contributed by atoms with Crippen molar-refractivity contribution in [2.45, 2.75) is 20.8 Å². The number of aryl methyl sites for hydroxylation is 3. The van der Waals surface area contributed by atoms with Gasteiger partial charge in [0.05, 0.1) is 0 Å². The first-order chi connectivity index (χ1) is 10.2. The first-order valence-corrected chi connectivity index (χ1v) is 8.14. The fourth-order valence-corrected chi connectivity index (χ4v) is 2.50. The molecule has 0 bridgehead atoms. The summed E-state index contributed by atoms with van der Waals surface area (Å²) in [5, 5.41) is 0. The average Bonchev–Trinajstić information content (AvgIpc) is 2.37. The van der Waals surface area contributed by atoms with E-state index in [9.17, 15) is 4.79 Å². The van der Waals surface area contributed by atoms with Crippen LogP contribution in [0.25, 0.3) is 0 Å². The van der Waals surface area contributed by atoms with E-state index in [1.54, 1.807) is 0 Å².